The molecule has 7 nitrogen and oxygen atoms in total. The van der Waals surface area contributed by atoms with Gasteiger partial charge >= 0.3 is 0 Å². The standard InChI is InChI=1S/C22H37N5O2/c1-3-23-22(26-20-8-12-27(13-9-20)11-4-14-28-2)25-16-19-7-10-24-21(15-19)29-17-18-5-6-18/h7,10,15,18,20H,3-6,8-9,11-14,16-17H2,1-2H3,(H2,23,25,26). The van der Waals surface area contributed by atoms with Gasteiger partial charge in [0.25, 0.3) is 0 Å². The fraction of sp³-hybridized carbons (Fsp3) is 0.727. The van der Waals surface area contributed by atoms with Gasteiger partial charge in [0, 0.05) is 58.2 Å². The number of methoxy groups -OCH3 is 1. The number of nitrogens with one attached hydrogen (secondary N) is 2. The summed E-state index contributed by atoms with van der Waals surface area (Å²) < 4.78 is 10.9. The molecule has 1 saturated carbocycles. The van der Waals surface area contributed by atoms with Crippen molar-refractivity contribution in [1.29, 1.82) is 0 Å². The van der Waals surface area contributed by atoms with Gasteiger partial charge in [0.1, 0.15) is 0 Å². The summed E-state index contributed by atoms with van der Waals surface area (Å²) >= 11 is 0. The number of rotatable bonds is 11. The molecule has 0 bridgehead atoms. The van der Waals surface area contributed by atoms with E-state index in [2.05, 4.69) is 27.4 Å². The third-order valence-electron chi connectivity index (χ3n) is 5.48. The van der Waals surface area contributed by atoms with Crippen LogP contribution in [0.3, 0.4) is 0 Å². The van der Waals surface area contributed by atoms with Gasteiger partial charge in [-0.25, -0.2) is 9.98 Å². The highest BCUT2D eigenvalue weighted by atomic mass is 16.5. The normalized spacial score (nSPS) is 18.6. The number of ether oxygens (including phenoxy) is 2. The number of hydrogen-bond acceptors (Lipinski definition) is 5. The lowest BCUT2D eigenvalue weighted by Gasteiger charge is -2.33. The minimum absolute atomic E-state index is 0.473. The van der Waals surface area contributed by atoms with Gasteiger partial charge < -0.3 is 25.0 Å². The van der Waals surface area contributed by atoms with Crippen molar-refractivity contribution in [2.24, 2.45) is 10.9 Å². The third kappa shape index (κ3) is 8.19. The summed E-state index contributed by atoms with van der Waals surface area (Å²) in [6.07, 6.45) is 7.78. The number of likely N-dealkylation sites (tertiary alicyclic amines) is 1. The number of hydrogen-bond donors (Lipinski definition) is 2. The van der Waals surface area contributed by atoms with Gasteiger partial charge in [-0.2, -0.15) is 0 Å². The Morgan fingerprint density at radius 3 is 2.83 bits per heavy atom. The number of piperidine rings is 1. The van der Waals surface area contributed by atoms with E-state index in [1.54, 1.807) is 7.11 Å². The molecule has 2 aliphatic rings. The van der Waals surface area contributed by atoms with E-state index < -0.39 is 0 Å². The highest BCUT2D eigenvalue weighted by Gasteiger charge is 2.22. The first-order chi connectivity index (χ1) is 14.3. The van der Waals surface area contributed by atoms with Crippen molar-refractivity contribution in [3.8, 4) is 5.88 Å². The van der Waals surface area contributed by atoms with Crippen LogP contribution in [-0.2, 0) is 11.3 Å². The average molecular weight is 404 g/mol. The lowest BCUT2D eigenvalue weighted by molar-refractivity contribution is 0.155. The molecular formula is C22H37N5O2. The highest BCUT2D eigenvalue weighted by molar-refractivity contribution is 5.80. The zero-order valence-electron chi connectivity index (χ0n) is 18.0. The Balaban J connectivity index is 1.45. The van der Waals surface area contributed by atoms with Crippen molar-refractivity contribution < 1.29 is 9.47 Å². The summed E-state index contributed by atoms with van der Waals surface area (Å²) in [5.74, 6) is 2.33. The van der Waals surface area contributed by atoms with Crippen LogP contribution in [0.5, 0.6) is 5.88 Å². The predicted molar refractivity (Wildman–Crippen MR) is 116 cm³/mol. The second-order valence-electron chi connectivity index (χ2n) is 8.06. The maximum absolute atomic E-state index is 5.79. The fourth-order valence-corrected chi connectivity index (χ4v) is 3.53. The Morgan fingerprint density at radius 2 is 2.10 bits per heavy atom. The van der Waals surface area contributed by atoms with Crippen LogP contribution in [0.1, 0.15) is 44.6 Å². The largest absolute Gasteiger partial charge is 0.477 e. The van der Waals surface area contributed by atoms with Gasteiger partial charge in [-0.05, 0) is 56.6 Å². The van der Waals surface area contributed by atoms with Gasteiger partial charge in [-0.3, -0.25) is 0 Å². The Hall–Kier alpha value is -1.86. The molecule has 0 aromatic carbocycles. The zero-order valence-corrected chi connectivity index (χ0v) is 18.0. The second kappa shape index (κ2) is 12.0. The molecule has 1 aromatic heterocycles. The van der Waals surface area contributed by atoms with E-state index in [9.17, 15) is 0 Å². The number of pyridine rings is 1. The first kappa shape index (κ1) is 21.8. The van der Waals surface area contributed by atoms with Gasteiger partial charge in [-0.15, -0.1) is 0 Å². The summed E-state index contributed by atoms with van der Waals surface area (Å²) in [6, 6.07) is 4.49. The zero-order chi connectivity index (χ0) is 20.3. The molecule has 0 amide bonds. The van der Waals surface area contributed by atoms with E-state index >= 15 is 0 Å². The Kier molecular flexibility index (Phi) is 9.02. The van der Waals surface area contributed by atoms with Gasteiger partial charge in [-0.1, -0.05) is 0 Å². The third-order valence-corrected chi connectivity index (χ3v) is 5.48. The van der Waals surface area contributed by atoms with Crippen LogP contribution in [0.15, 0.2) is 23.3 Å². The van der Waals surface area contributed by atoms with Gasteiger partial charge in [0.2, 0.25) is 5.88 Å². The minimum atomic E-state index is 0.473. The molecule has 0 unspecified atom stereocenters. The summed E-state index contributed by atoms with van der Waals surface area (Å²) in [7, 11) is 1.77. The molecule has 0 radical (unpaired) electrons. The van der Waals surface area contributed by atoms with Crippen LogP contribution in [0.2, 0.25) is 0 Å². The topological polar surface area (TPSA) is 71.0 Å². The van der Waals surface area contributed by atoms with Crippen LogP contribution in [0.4, 0.5) is 0 Å². The Labute approximate surface area is 175 Å². The smallest absolute Gasteiger partial charge is 0.213 e. The van der Waals surface area contributed by atoms with E-state index in [0.29, 0.717) is 18.5 Å². The number of aliphatic imine (C=N–C) groups is 1. The molecule has 1 aromatic rings. The molecule has 3 rings (SSSR count). The van der Waals surface area contributed by atoms with E-state index in [-0.39, 0.29) is 0 Å². The number of nitrogens with zero attached hydrogens (tertiary/aromatic N) is 3. The summed E-state index contributed by atoms with van der Waals surface area (Å²) in [5, 5.41) is 7.00. The Bertz CT molecular complexity index is 627. The summed E-state index contributed by atoms with van der Waals surface area (Å²) in [4.78, 5) is 11.6. The molecule has 1 aliphatic carbocycles. The molecule has 0 spiro atoms. The molecule has 2 fully saturated rings. The number of aromatic nitrogens is 1. The molecule has 29 heavy (non-hydrogen) atoms. The van der Waals surface area contributed by atoms with Crippen molar-refractivity contribution >= 4 is 5.96 Å². The number of guanidine groups is 1. The quantitative estimate of drug-likeness (QED) is 0.336. The van der Waals surface area contributed by atoms with Gasteiger partial charge in [0.05, 0.1) is 13.2 Å². The molecule has 7 heteroatoms. The molecule has 2 N–H and O–H groups in total. The van der Waals surface area contributed by atoms with E-state index in [0.717, 1.165) is 76.1 Å². The molecule has 0 atom stereocenters. The van der Waals surface area contributed by atoms with Crippen LogP contribution in [-0.4, -0.2) is 68.4 Å². The first-order valence-electron chi connectivity index (χ1n) is 11.1. The average Bonchev–Trinajstić information content (AvgIpc) is 3.57. The SMILES string of the molecule is CCNC(=NCc1ccnc(OCC2CC2)c1)NC1CCN(CCCOC)CC1. The van der Waals surface area contributed by atoms with Crippen molar-refractivity contribution in [3.63, 3.8) is 0 Å². The lowest BCUT2D eigenvalue weighted by Crippen LogP contribution is -2.48. The fourth-order valence-electron chi connectivity index (χ4n) is 3.53. The molecule has 1 aliphatic heterocycles. The van der Waals surface area contributed by atoms with Gasteiger partial charge in [0.15, 0.2) is 5.96 Å². The maximum Gasteiger partial charge on any atom is 0.213 e. The molecule has 2 heterocycles. The second-order valence-corrected chi connectivity index (χ2v) is 8.06. The van der Waals surface area contributed by atoms with Crippen molar-refractivity contribution in [2.75, 3.05) is 46.5 Å². The molecular weight excluding hydrogens is 366 g/mol. The summed E-state index contributed by atoms with van der Waals surface area (Å²) in [5.41, 5.74) is 1.12. The van der Waals surface area contributed by atoms with E-state index in [1.807, 2.05) is 18.3 Å². The lowest BCUT2D eigenvalue weighted by atomic mass is 10.1. The molecule has 1 saturated heterocycles. The van der Waals surface area contributed by atoms with Crippen LogP contribution in [0, 0.1) is 5.92 Å². The summed E-state index contributed by atoms with van der Waals surface area (Å²) in [6.45, 7) is 8.60. The minimum Gasteiger partial charge on any atom is -0.477 e. The van der Waals surface area contributed by atoms with Crippen molar-refractivity contribution in [3.05, 3.63) is 23.9 Å². The predicted octanol–water partition coefficient (Wildman–Crippen LogP) is 2.43. The molecule has 162 valence electrons. The van der Waals surface area contributed by atoms with Crippen molar-refractivity contribution in [2.45, 2.75) is 51.6 Å². The van der Waals surface area contributed by atoms with E-state index in [4.69, 9.17) is 14.5 Å². The maximum atomic E-state index is 5.79. The first-order valence-corrected chi connectivity index (χ1v) is 11.1. The van der Waals surface area contributed by atoms with Crippen molar-refractivity contribution in [1.82, 2.24) is 20.5 Å². The van der Waals surface area contributed by atoms with Crippen LogP contribution < -0.4 is 15.4 Å². The Morgan fingerprint density at radius 1 is 1.28 bits per heavy atom. The van der Waals surface area contributed by atoms with E-state index in [1.165, 1.54) is 12.8 Å². The van der Waals surface area contributed by atoms with Crippen LogP contribution in [0.25, 0.3) is 0 Å². The van der Waals surface area contributed by atoms with Crippen LogP contribution >= 0.6 is 0 Å². The highest BCUT2D eigenvalue weighted by Crippen LogP contribution is 2.29. The monoisotopic (exact) mass is 403 g/mol.